The minimum atomic E-state index is -3.66. The number of thiophene rings is 1. The summed E-state index contributed by atoms with van der Waals surface area (Å²) in [5, 5.41) is 1.95. The predicted molar refractivity (Wildman–Crippen MR) is 116 cm³/mol. The van der Waals surface area contributed by atoms with Gasteiger partial charge in [0.2, 0.25) is 0 Å². The Hall–Kier alpha value is -2.41. The first kappa shape index (κ1) is 17.7. The number of nitrogens with zero attached hydrogens (tertiary/aromatic N) is 2. The lowest BCUT2D eigenvalue weighted by atomic mass is 9.99. The van der Waals surface area contributed by atoms with Crippen molar-refractivity contribution in [3.63, 3.8) is 0 Å². The maximum atomic E-state index is 13.5. The van der Waals surface area contributed by atoms with E-state index in [1.165, 1.54) is 20.9 Å². The first-order chi connectivity index (χ1) is 13.5. The van der Waals surface area contributed by atoms with E-state index in [9.17, 15) is 8.42 Å². The molecule has 0 spiro atoms. The molecule has 0 amide bonds. The van der Waals surface area contributed by atoms with E-state index in [-0.39, 0.29) is 0 Å². The highest BCUT2D eigenvalue weighted by molar-refractivity contribution is 7.92. The van der Waals surface area contributed by atoms with Crippen molar-refractivity contribution < 1.29 is 8.42 Å². The number of hydrogen-bond acceptors (Lipinski definition) is 4. The van der Waals surface area contributed by atoms with Gasteiger partial charge in [-0.1, -0.05) is 42.5 Å². The van der Waals surface area contributed by atoms with E-state index in [0.717, 1.165) is 46.1 Å². The second-order valence-electron chi connectivity index (χ2n) is 7.21. The molecule has 0 N–H and O–H groups in total. The number of fused-ring (bicyclic) bond motifs is 2. The molecular formula is C22H20N2O2S2. The van der Waals surface area contributed by atoms with E-state index in [1.807, 2.05) is 54.7 Å². The van der Waals surface area contributed by atoms with E-state index in [0.29, 0.717) is 4.21 Å². The highest BCUT2D eigenvalue weighted by atomic mass is 32.2. The summed E-state index contributed by atoms with van der Waals surface area (Å²) in [6.45, 7) is 1.87. The van der Waals surface area contributed by atoms with Crippen molar-refractivity contribution in [1.82, 2.24) is 8.87 Å². The molecule has 3 heterocycles. The van der Waals surface area contributed by atoms with Crippen molar-refractivity contribution in [3.05, 3.63) is 72.4 Å². The maximum Gasteiger partial charge on any atom is 0.277 e. The Bertz CT molecular complexity index is 1300. The van der Waals surface area contributed by atoms with Crippen LogP contribution < -0.4 is 0 Å². The molecular weight excluding hydrogens is 388 g/mol. The number of hydrogen-bond donors (Lipinski definition) is 0. The van der Waals surface area contributed by atoms with Gasteiger partial charge in [-0.3, -0.25) is 0 Å². The van der Waals surface area contributed by atoms with Gasteiger partial charge in [-0.05, 0) is 42.6 Å². The summed E-state index contributed by atoms with van der Waals surface area (Å²) in [5.74, 6) is 0. The molecule has 28 heavy (non-hydrogen) atoms. The largest absolute Gasteiger partial charge is 0.302 e. The molecule has 1 aliphatic heterocycles. The van der Waals surface area contributed by atoms with Gasteiger partial charge in [0.05, 0.1) is 5.52 Å². The summed E-state index contributed by atoms with van der Waals surface area (Å²) in [7, 11) is -1.56. The van der Waals surface area contributed by atoms with Gasteiger partial charge in [0, 0.05) is 34.9 Å². The van der Waals surface area contributed by atoms with Crippen LogP contribution in [-0.2, 0) is 10.0 Å². The molecule has 0 bridgehead atoms. The van der Waals surface area contributed by atoms with Gasteiger partial charge in [0.1, 0.15) is 4.21 Å². The monoisotopic (exact) mass is 408 g/mol. The SMILES string of the molecule is CN1CC=C(c2cn(S(=O)(=O)c3cc4ccccc4s3)c3ccccc23)CC1. The molecule has 4 aromatic rings. The Balaban J connectivity index is 1.70. The average Bonchev–Trinajstić information content (AvgIpc) is 3.31. The molecule has 2 aromatic heterocycles. The Morgan fingerprint density at radius 1 is 1.04 bits per heavy atom. The van der Waals surface area contributed by atoms with Gasteiger partial charge >= 0.3 is 0 Å². The highest BCUT2D eigenvalue weighted by Crippen LogP contribution is 2.35. The fourth-order valence-corrected chi connectivity index (χ4v) is 6.66. The molecule has 0 aliphatic carbocycles. The van der Waals surface area contributed by atoms with Crippen molar-refractivity contribution in [2.75, 3.05) is 20.1 Å². The second kappa shape index (κ2) is 6.58. The molecule has 1 aliphatic rings. The zero-order valence-corrected chi connectivity index (χ0v) is 17.1. The fourth-order valence-electron chi connectivity index (χ4n) is 3.80. The van der Waals surface area contributed by atoms with Gasteiger partial charge in [-0.15, -0.1) is 11.3 Å². The van der Waals surface area contributed by atoms with E-state index in [4.69, 9.17) is 0 Å². The maximum absolute atomic E-state index is 13.5. The van der Waals surface area contributed by atoms with Crippen molar-refractivity contribution in [2.24, 2.45) is 0 Å². The van der Waals surface area contributed by atoms with Crippen LogP contribution in [0.15, 0.2) is 71.1 Å². The number of likely N-dealkylation sites (N-methyl/N-ethyl adjacent to an activating group) is 1. The van der Waals surface area contributed by atoms with Crippen LogP contribution in [0.5, 0.6) is 0 Å². The van der Waals surface area contributed by atoms with Gasteiger partial charge < -0.3 is 4.90 Å². The third-order valence-electron chi connectivity index (χ3n) is 5.35. The Morgan fingerprint density at radius 3 is 2.61 bits per heavy atom. The molecule has 0 saturated carbocycles. The molecule has 142 valence electrons. The Kier molecular flexibility index (Phi) is 4.16. The van der Waals surface area contributed by atoms with E-state index >= 15 is 0 Å². The third-order valence-corrected chi connectivity index (χ3v) is 8.59. The lowest BCUT2D eigenvalue weighted by Gasteiger charge is -2.21. The number of benzene rings is 2. The summed E-state index contributed by atoms with van der Waals surface area (Å²) in [6, 6.07) is 17.3. The zero-order valence-electron chi connectivity index (χ0n) is 15.5. The molecule has 0 unspecified atom stereocenters. The first-order valence-electron chi connectivity index (χ1n) is 9.26. The summed E-state index contributed by atoms with van der Waals surface area (Å²) in [4.78, 5) is 2.26. The molecule has 0 radical (unpaired) electrons. The molecule has 6 heteroatoms. The highest BCUT2D eigenvalue weighted by Gasteiger charge is 2.24. The molecule has 0 atom stereocenters. The summed E-state index contributed by atoms with van der Waals surface area (Å²) in [5.41, 5.74) is 2.97. The number of rotatable bonds is 3. The summed E-state index contributed by atoms with van der Waals surface area (Å²) < 4.78 is 29.8. The first-order valence-corrected chi connectivity index (χ1v) is 11.5. The van der Waals surface area contributed by atoms with Gasteiger partial charge in [-0.25, -0.2) is 3.97 Å². The van der Waals surface area contributed by atoms with Gasteiger partial charge in [0.15, 0.2) is 0 Å². The van der Waals surface area contributed by atoms with E-state index in [2.05, 4.69) is 18.0 Å². The van der Waals surface area contributed by atoms with Crippen molar-refractivity contribution in [1.29, 1.82) is 0 Å². The lowest BCUT2D eigenvalue weighted by molar-refractivity contribution is 0.370. The number of para-hydroxylation sites is 1. The minimum Gasteiger partial charge on any atom is -0.302 e. The van der Waals surface area contributed by atoms with Crippen LogP contribution in [0.3, 0.4) is 0 Å². The number of aromatic nitrogens is 1. The topological polar surface area (TPSA) is 42.3 Å². The van der Waals surface area contributed by atoms with Crippen LogP contribution in [0.2, 0.25) is 0 Å². The van der Waals surface area contributed by atoms with Crippen molar-refractivity contribution in [2.45, 2.75) is 10.6 Å². The normalized spacial score (nSPS) is 16.0. The fraction of sp³-hybridized carbons (Fsp3) is 0.182. The van der Waals surface area contributed by atoms with Crippen LogP contribution in [-0.4, -0.2) is 37.4 Å². The second-order valence-corrected chi connectivity index (χ2v) is 10.3. The van der Waals surface area contributed by atoms with Crippen LogP contribution in [0.1, 0.15) is 12.0 Å². The van der Waals surface area contributed by atoms with Crippen LogP contribution in [0, 0.1) is 0 Å². The molecule has 0 fully saturated rings. The van der Waals surface area contributed by atoms with Gasteiger partial charge in [0.25, 0.3) is 10.0 Å². The van der Waals surface area contributed by atoms with Gasteiger partial charge in [-0.2, -0.15) is 8.42 Å². The quantitative estimate of drug-likeness (QED) is 0.488. The van der Waals surface area contributed by atoms with Crippen LogP contribution in [0.4, 0.5) is 0 Å². The third kappa shape index (κ3) is 2.80. The summed E-state index contributed by atoms with van der Waals surface area (Å²) in [6.07, 6.45) is 4.94. The minimum absolute atomic E-state index is 0.373. The predicted octanol–water partition coefficient (Wildman–Crippen LogP) is 4.81. The van der Waals surface area contributed by atoms with E-state index in [1.54, 1.807) is 6.07 Å². The lowest BCUT2D eigenvalue weighted by Crippen LogP contribution is -2.23. The van der Waals surface area contributed by atoms with Crippen molar-refractivity contribution >= 4 is 47.9 Å². The summed E-state index contributed by atoms with van der Waals surface area (Å²) >= 11 is 1.32. The van der Waals surface area contributed by atoms with Crippen LogP contribution >= 0.6 is 11.3 Å². The van der Waals surface area contributed by atoms with Crippen LogP contribution in [0.25, 0.3) is 26.6 Å². The Labute approximate surface area is 168 Å². The Morgan fingerprint density at radius 2 is 1.82 bits per heavy atom. The molecule has 2 aromatic carbocycles. The standard InChI is InChI=1S/C22H20N2O2S2/c1-23-12-10-16(11-13-23)19-15-24(20-8-4-3-7-18(19)20)28(25,26)22-14-17-6-2-5-9-21(17)27-22/h2-10,14-15H,11-13H2,1H3. The average molecular weight is 409 g/mol. The smallest absolute Gasteiger partial charge is 0.277 e. The van der Waals surface area contributed by atoms with E-state index < -0.39 is 10.0 Å². The molecule has 5 rings (SSSR count). The molecule has 0 saturated heterocycles. The van der Waals surface area contributed by atoms with Crippen molar-refractivity contribution in [3.8, 4) is 0 Å². The molecule has 4 nitrogen and oxygen atoms in total. The zero-order chi connectivity index (χ0) is 19.3.